The van der Waals surface area contributed by atoms with Gasteiger partial charge in [0.05, 0.1) is 0 Å². The minimum atomic E-state index is -0.681. The SMILES string of the molecule is Cc1ccccc1Nc1nc(-c2ccc(F)cc2F)c(-n2cncn2)s1. The maximum atomic E-state index is 14.3. The number of para-hydroxylation sites is 1. The number of nitrogens with zero attached hydrogens (tertiary/aromatic N) is 4. The first-order valence-corrected chi connectivity index (χ1v) is 8.57. The van der Waals surface area contributed by atoms with Crippen molar-refractivity contribution in [1.82, 2.24) is 19.7 Å². The van der Waals surface area contributed by atoms with E-state index in [1.807, 2.05) is 31.2 Å². The van der Waals surface area contributed by atoms with Gasteiger partial charge in [0.1, 0.15) is 35.0 Å². The van der Waals surface area contributed by atoms with Gasteiger partial charge in [-0.2, -0.15) is 5.10 Å². The van der Waals surface area contributed by atoms with E-state index < -0.39 is 11.6 Å². The van der Waals surface area contributed by atoms with Crippen molar-refractivity contribution in [3.05, 3.63) is 72.3 Å². The van der Waals surface area contributed by atoms with Gasteiger partial charge in [-0.1, -0.05) is 29.5 Å². The largest absolute Gasteiger partial charge is 0.331 e. The van der Waals surface area contributed by atoms with E-state index in [4.69, 9.17) is 0 Å². The molecule has 0 fully saturated rings. The van der Waals surface area contributed by atoms with Crippen molar-refractivity contribution in [2.45, 2.75) is 6.92 Å². The fourth-order valence-corrected chi connectivity index (χ4v) is 3.44. The van der Waals surface area contributed by atoms with Crippen molar-refractivity contribution in [3.8, 4) is 16.3 Å². The molecule has 26 heavy (non-hydrogen) atoms. The summed E-state index contributed by atoms with van der Waals surface area (Å²) in [5.41, 5.74) is 2.53. The van der Waals surface area contributed by atoms with Gasteiger partial charge in [-0.3, -0.25) is 0 Å². The van der Waals surface area contributed by atoms with Crippen LogP contribution in [0.5, 0.6) is 0 Å². The van der Waals surface area contributed by atoms with Crippen LogP contribution in [0.25, 0.3) is 16.3 Å². The van der Waals surface area contributed by atoms with Gasteiger partial charge in [-0.25, -0.2) is 23.4 Å². The molecule has 0 saturated carbocycles. The second-order valence-corrected chi connectivity index (χ2v) is 6.55. The molecule has 0 aliphatic heterocycles. The first-order chi connectivity index (χ1) is 12.6. The number of hydrogen-bond acceptors (Lipinski definition) is 5. The number of halogens is 2. The molecule has 130 valence electrons. The van der Waals surface area contributed by atoms with Gasteiger partial charge >= 0.3 is 0 Å². The molecule has 1 N–H and O–H groups in total. The highest BCUT2D eigenvalue weighted by Gasteiger charge is 2.19. The van der Waals surface area contributed by atoms with E-state index in [0.717, 1.165) is 17.3 Å². The highest BCUT2D eigenvalue weighted by Crippen LogP contribution is 2.36. The Labute approximate surface area is 152 Å². The number of anilines is 2. The van der Waals surface area contributed by atoms with E-state index in [0.29, 0.717) is 15.8 Å². The van der Waals surface area contributed by atoms with Gasteiger partial charge in [-0.05, 0) is 30.7 Å². The molecule has 0 aliphatic rings. The smallest absolute Gasteiger partial charge is 0.189 e. The lowest BCUT2D eigenvalue weighted by Gasteiger charge is -2.05. The number of nitrogens with one attached hydrogen (secondary N) is 1. The van der Waals surface area contributed by atoms with Crippen LogP contribution in [0.3, 0.4) is 0 Å². The van der Waals surface area contributed by atoms with Gasteiger partial charge in [0, 0.05) is 17.3 Å². The highest BCUT2D eigenvalue weighted by molar-refractivity contribution is 7.18. The second-order valence-electron chi connectivity index (χ2n) is 5.58. The summed E-state index contributed by atoms with van der Waals surface area (Å²) in [6.45, 7) is 1.98. The maximum absolute atomic E-state index is 14.3. The summed E-state index contributed by atoms with van der Waals surface area (Å²) in [5.74, 6) is -1.32. The Bertz CT molecular complexity index is 1060. The minimum absolute atomic E-state index is 0.200. The van der Waals surface area contributed by atoms with Crippen molar-refractivity contribution < 1.29 is 8.78 Å². The molecule has 0 aliphatic carbocycles. The standard InChI is InChI=1S/C18H13F2N5S/c1-11-4-2-3-5-15(11)23-18-24-16(13-7-6-12(19)8-14(13)20)17(26-18)25-10-21-9-22-25/h2-10H,1H3,(H,23,24). The highest BCUT2D eigenvalue weighted by atomic mass is 32.1. The molecular weight excluding hydrogens is 356 g/mol. The molecule has 5 nitrogen and oxygen atoms in total. The van der Waals surface area contributed by atoms with E-state index in [2.05, 4.69) is 20.4 Å². The van der Waals surface area contributed by atoms with Crippen LogP contribution in [-0.2, 0) is 0 Å². The van der Waals surface area contributed by atoms with Crippen LogP contribution in [0.2, 0.25) is 0 Å². The third-order valence-electron chi connectivity index (χ3n) is 3.81. The lowest BCUT2D eigenvalue weighted by molar-refractivity contribution is 0.585. The number of benzene rings is 2. The molecule has 0 saturated heterocycles. The zero-order valence-corrected chi connectivity index (χ0v) is 14.5. The Morgan fingerprint density at radius 3 is 2.69 bits per heavy atom. The van der Waals surface area contributed by atoms with Gasteiger partial charge in [-0.15, -0.1) is 0 Å². The molecule has 4 rings (SSSR count). The van der Waals surface area contributed by atoms with Crippen molar-refractivity contribution in [3.63, 3.8) is 0 Å². The molecule has 2 heterocycles. The average Bonchev–Trinajstić information content (AvgIpc) is 3.26. The molecular formula is C18H13F2N5S. The molecule has 0 atom stereocenters. The molecule has 0 bridgehead atoms. The van der Waals surface area contributed by atoms with Crippen molar-refractivity contribution in [2.24, 2.45) is 0 Å². The summed E-state index contributed by atoms with van der Waals surface area (Å²) in [7, 11) is 0. The van der Waals surface area contributed by atoms with Crippen LogP contribution in [0, 0.1) is 18.6 Å². The van der Waals surface area contributed by atoms with E-state index >= 15 is 0 Å². The zero-order chi connectivity index (χ0) is 18.1. The van der Waals surface area contributed by atoms with E-state index in [1.54, 1.807) is 0 Å². The lowest BCUT2D eigenvalue weighted by atomic mass is 10.1. The summed E-state index contributed by atoms with van der Waals surface area (Å²) in [4.78, 5) is 8.45. The Morgan fingerprint density at radius 2 is 1.96 bits per heavy atom. The zero-order valence-electron chi connectivity index (χ0n) is 13.6. The monoisotopic (exact) mass is 369 g/mol. The van der Waals surface area contributed by atoms with Crippen LogP contribution >= 0.6 is 11.3 Å². The van der Waals surface area contributed by atoms with Gasteiger partial charge in [0.25, 0.3) is 0 Å². The van der Waals surface area contributed by atoms with Gasteiger partial charge in [0.15, 0.2) is 5.13 Å². The number of aromatic nitrogens is 4. The van der Waals surface area contributed by atoms with Crippen molar-refractivity contribution >= 4 is 22.2 Å². The Kier molecular flexibility index (Phi) is 4.18. The molecule has 0 unspecified atom stereocenters. The maximum Gasteiger partial charge on any atom is 0.189 e. The van der Waals surface area contributed by atoms with E-state index in [1.165, 1.54) is 40.8 Å². The summed E-state index contributed by atoms with van der Waals surface area (Å²) >= 11 is 1.31. The topological polar surface area (TPSA) is 55.6 Å². The number of thiazole rings is 1. The first kappa shape index (κ1) is 16.3. The molecule has 0 radical (unpaired) electrons. The summed E-state index contributed by atoms with van der Waals surface area (Å²) in [5, 5.41) is 8.51. The Morgan fingerprint density at radius 1 is 1.12 bits per heavy atom. The summed E-state index contributed by atoms with van der Waals surface area (Å²) in [6, 6.07) is 11.2. The van der Waals surface area contributed by atoms with Crippen LogP contribution in [0.1, 0.15) is 5.56 Å². The quantitative estimate of drug-likeness (QED) is 0.565. The fraction of sp³-hybridized carbons (Fsp3) is 0.0556. The van der Waals surface area contributed by atoms with Crippen LogP contribution in [-0.4, -0.2) is 19.7 Å². The van der Waals surface area contributed by atoms with Gasteiger partial charge < -0.3 is 5.32 Å². The average molecular weight is 369 g/mol. The predicted molar refractivity (Wildman–Crippen MR) is 96.8 cm³/mol. The molecule has 8 heteroatoms. The number of aryl methyl sites for hydroxylation is 1. The first-order valence-electron chi connectivity index (χ1n) is 7.76. The molecule has 4 aromatic rings. The minimum Gasteiger partial charge on any atom is -0.331 e. The van der Waals surface area contributed by atoms with Crippen molar-refractivity contribution in [2.75, 3.05) is 5.32 Å². The molecule has 0 spiro atoms. The van der Waals surface area contributed by atoms with E-state index in [-0.39, 0.29) is 5.56 Å². The lowest BCUT2D eigenvalue weighted by Crippen LogP contribution is -1.96. The van der Waals surface area contributed by atoms with Crippen LogP contribution in [0.4, 0.5) is 19.6 Å². The molecule has 0 amide bonds. The van der Waals surface area contributed by atoms with E-state index in [9.17, 15) is 8.78 Å². The Balaban J connectivity index is 1.82. The molecule has 2 aromatic carbocycles. The van der Waals surface area contributed by atoms with Crippen LogP contribution in [0.15, 0.2) is 55.1 Å². The number of rotatable bonds is 4. The Hall–Kier alpha value is -3.13. The predicted octanol–water partition coefficient (Wildman–Crippen LogP) is 4.72. The number of hydrogen-bond donors (Lipinski definition) is 1. The van der Waals surface area contributed by atoms with Gasteiger partial charge in [0.2, 0.25) is 0 Å². The summed E-state index contributed by atoms with van der Waals surface area (Å²) in [6.07, 6.45) is 2.90. The van der Waals surface area contributed by atoms with Crippen molar-refractivity contribution in [1.29, 1.82) is 0 Å². The second kappa shape index (κ2) is 6.64. The molecule has 2 aromatic heterocycles. The fourth-order valence-electron chi connectivity index (χ4n) is 2.52. The normalized spacial score (nSPS) is 10.9. The van der Waals surface area contributed by atoms with Crippen LogP contribution < -0.4 is 5.32 Å². The third kappa shape index (κ3) is 3.06. The summed E-state index contributed by atoms with van der Waals surface area (Å²) < 4.78 is 29.1. The third-order valence-corrected chi connectivity index (χ3v) is 4.77.